The van der Waals surface area contributed by atoms with Crippen molar-refractivity contribution in [2.75, 3.05) is 0 Å². The van der Waals surface area contributed by atoms with Gasteiger partial charge in [0.25, 0.3) is 0 Å². The van der Waals surface area contributed by atoms with E-state index in [-0.39, 0.29) is 0 Å². The largest absolute Gasteiger partial charge is 0.285 e. The van der Waals surface area contributed by atoms with Crippen molar-refractivity contribution in [3.8, 4) is 11.1 Å². The molecule has 2 aromatic rings. The van der Waals surface area contributed by atoms with Gasteiger partial charge in [0.05, 0.1) is 0 Å². The fraction of sp³-hybridized carbons (Fsp3) is 0.0714. The Morgan fingerprint density at radius 1 is 1.06 bits per heavy atom. The number of halogens is 1. The van der Waals surface area contributed by atoms with Crippen molar-refractivity contribution in [2.45, 2.75) is 6.92 Å². The van der Waals surface area contributed by atoms with Crippen LogP contribution in [0.25, 0.3) is 11.1 Å². The van der Waals surface area contributed by atoms with E-state index in [0.717, 1.165) is 21.7 Å². The minimum atomic E-state index is 0.559. The minimum absolute atomic E-state index is 0.559. The van der Waals surface area contributed by atoms with Crippen LogP contribution in [0.15, 0.2) is 42.5 Å². The molecule has 0 aliphatic heterocycles. The summed E-state index contributed by atoms with van der Waals surface area (Å²) >= 11 is 6.06. The molecule has 1 radical (unpaired) electrons. The van der Waals surface area contributed by atoms with Crippen LogP contribution >= 0.6 is 11.6 Å². The normalized spacial score (nSPS) is 10.1. The summed E-state index contributed by atoms with van der Waals surface area (Å²) in [6.45, 7) is 1.98. The molecule has 0 amide bonds. The third-order valence-corrected chi connectivity index (χ3v) is 2.99. The van der Waals surface area contributed by atoms with Crippen molar-refractivity contribution >= 4 is 17.9 Å². The Bertz CT molecular complexity index is 515. The van der Waals surface area contributed by atoms with E-state index in [4.69, 9.17) is 11.6 Å². The Morgan fingerprint density at radius 3 is 2.38 bits per heavy atom. The predicted molar refractivity (Wildman–Crippen MR) is 66.4 cm³/mol. The Labute approximate surface area is 99.7 Å². The molecule has 1 nitrogen and oxygen atoms in total. The van der Waals surface area contributed by atoms with E-state index in [1.54, 1.807) is 12.1 Å². The summed E-state index contributed by atoms with van der Waals surface area (Å²) in [7, 11) is 0. The van der Waals surface area contributed by atoms with Gasteiger partial charge in [0, 0.05) is 10.6 Å². The van der Waals surface area contributed by atoms with Crippen molar-refractivity contribution in [3.63, 3.8) is 0 Å². The molecule has 0 fully saturated rings. The maximum atomic E-state index is 10.4. The van der Waals surface area contributed by atoms with Crippen LogP contribution in [0.2, 0.25) is 5.02 Å². The molecular weight excluding hydrogens is 220 g/mol. The summed E-state index contributed by atoms with van der Waals surface area (Å²) in [4.78, 5) is 10.4. The van der Waals surface area contributed by atoms with Crippen molar-refractivity contribution in [1.82, 2.24) is 0 Å². The average molecular weight is 230 g/mol. The molecule has 2 heteroatoms. The molecule has 79 valence electrons. The van der Waals surface area contributed by atoms with Gasteiger partial charge in [0.2, 0.25) is 6.29 Å². The zero-order chi connectivity index (χ0) is 11.5. The topological polar surface area (TPSA) is 17.1 Å². The SMILES string of the molecule is Cc1c(Cl)cccc1-c1ccc([C]=O)cc1. The van der Waals surface area contributed by atoms with Crippen LogP contribution in [0.4, 0.5) is 0 Å². The molecule has 2 rings (SSSR count). The van der Waals surface area contributed by atoms with Gasteiger partial charge in [-0.3, -0.25) is 4.79 Å². The molecule has 2 aromatic carbocycles. The first-order valence-electron chi connectivity index (χ1n) is 4.96. The molecule has 0 saturated carbocycles. The van der Waals surface area contributed by atoms with E-state index in [2.05, 4.69) is 0 Å². The molecular formula is C14H10ClO. The van der Waals surface area contributed by atoms with Crippen LogP contribution in [-0.4, -0.2) is 6.29 Å². The second-order valence-electron chi connectivity index (χ2n) is 3.59. The molecule has 0 unspecified atom stereocenters. The molecule has 0 bridgehead atoms. The fourth-order valence-corrected chi connectivity index (χ4v) is 1.81. The summed E-state index contributed by atoms with van der Waals surface area (Å²) in [6.07, 6.45) is 1.86. The summed E-state index contributed by atoms with van der Waals surface area (Å²) in [5, 5.41) is 0.753. The van der Waals surface area contributed by atoms with Gasteiger partial charge < -0.3 is 0 Å². The first kappa shape index (κ1) is 10.9. The third kappa shape index (κ3) is 2.00. The second kappa shape index (κ2) is 4.50. The van der Waals surface area contributed by atoms with E-state index in [0.29, 0.717) is 5.56 Å². The Hall–Kier alpha value is -1.60. The quantitative estimate of drug-likeness (QED) is 0.766. The van der Waals surface area contributed by atoms with Crippen molar-refractivity contribution in [1.29, 1.82) is 0 Å². The highest BCUT2D eigenvalue weighted by atomic mass is 35.5. The van der Waals surface area contributed by atoms with E-state index < -0.39 is 0 Å². The fourth-order valence-electron chi connectivity index (χ4n) is 1.64. The molecule has 0 atom stereocenters. The first-order valence-corrected chi connectivity index (χ1v) is 5.34. The first-order chi connectivity index (χ1) is 7.72. The molecule has 0 heterocycles. The number of benzene rings is 2. The number of carbonyl (C=O) groups excluding carboxylic acids is 1. The smallest absolute Gasteiger partial charge is 0.233 e. The molecule has 0 aliphatic rings. The Kier molecular flexibility index (Phi) is 3.07. The summed E-state index contributed by atoms with van der Waals surface area (Å²) in [5.41, 5.74) is 3.75. The molecule has 0 aliphatic carbocycles. The summed E-state index contributed by atoms with van der Waals surface area (Å²) in [5.74, 6) is 0. The van der Waals surface area contributed by atoms with Gasteiger partial charge in [-0.2, -0.15) is 0 Å². The average Bonchev–Trinajstić information content (AvgIpc) is 2.33. The molecule has 0 N–H and O–H groups in total. The summed E-state index contributed by atoms with van der Waals surface area (Å²) in [6, 6.07) is 13.1. The highest BCUT2D eigenvalue weighted by molar-refractivity contribution is 6.31. The maximum absolute atomic E-state index is 10.4. The van der Waals surface area contributed by atoms with Crippen LogP contribution in [0.5, 0.6) is 0 Å². The Morgan fingerprint density at radius 2 is 1.75 bits per heavy atom. The van der Waals surface area contributed by atoms with Crippen LogP contribution in [0.1, 0.15) is 11.1 Å². The lowest BCUT2D eigenvalue weighted by Gasteiger charge is -2.07. The monoisotopic (exact) mass is 229 g/mol. The van der Waals surface area contributed by atoms with Crippen LogP contribution < -0.4 is 0 Å². The van der Waals surface area contributed by atoms with Gasteiger partial charge in [-0.1, -0.05) is 48.0 Å². The highest BCUT2D eigenvalue weighted by Gasteiger charge is 2.04. The number of hydrogen-bond acceptors (Lipinski definition) is 1. The maximum Gasteiger partial charge on any atom is 0.233 e. The van der Waals surface area contributed by atoms with Gasteiger partial charge in [-0.05, 0) is 29.7 Å². The van der Waals surface area contributed by atoms with Gasteiger partial charge in [-0.15, -0.1) is 0 Å². The van der Waals surface area contributed by atoms with Crippen LogP contribution in [-0.2, 0) is 4.79 Å². The van der Waals surface area contributed by atoms with E-state index in [1.807, 2.05) is 43.5 Å². The van der Waals surface area contributed by atoms with E-state index in [9.17, 15) is 4.79 Å². The van der Waals surface area contributed by atoms with Crippen LogP contribution in [0, 0.1) is 6.92 Å². The number of rotatable bonds is 2. The molecule has 0 aromatic heterocycles. The van der Waals surface area contributed by atoms with Gasteiger partial charge in [0.1, 0.15) is 0 Å². The lowest BCUT2D eigenvalue weighted by molar-refractivity contribution is 0.563. The van der Waals surface area contributed by atoms with E-state index in [1.165, 1.54) is 0 Å². The van der Waals surface area contributed by atoms with Gasteiger partial charge in [0.15, 0.2) is 0 Å². The lowest BCUT2D eigenvalue weighted by atomic mass is 10.00. The van der Waals surface area contributed by atoms with Crippen molar-refractivity contribution in [2.24, 2.45) is 0 Å². The summed E-state index contributed by atoms with van der Waals surface area (Å²) < 4.78 is 0. The zero-order valence-corrected chi connectivity index (χ0v) is 9.58. The molecule has 0 spiro atoms. The van der Waals surface area contributed by atoms with Gasteiger partial charge in [-0.25, -0.2) is 0 Å². The van der Waals surface area contributed by atoms with Gasteiger partial charge >= 0.3 is 0 Å². The molecule has 0 saturated heterocycles. The van der Waals surface area contributed by atoms with Crippen molar-refractivity contribution < 1.29 is 4.79 Å². The highest BCUT2D eigenvalue weighted by Crippen LogP contribution is 2.28. The number of hydrogen-bond donors (Lipinski definition) is 0. The molecule has 16 heavy (non-hydrogen) atoms. The van der Waals surface area contributed by atoms with E-state index >= 15 is 0 Å². The second-order valence-corrected chi connectivity index (χ2v) is 4.00. The predicted octanol–water partition coefficient (Wildman–Crippen LogP) is 3.77. The van der Waals surface area contributed by atoms with Crippen molar-refractivity contribution in [3.05, 3.63) is 58.6 Å². The third-order valence-electron chi connectivity index (χ3n) is 2.58. The zero-order valence-electron chi connectivity index (χ0n) is 8.83. The minimum Gasteiger partial charge on any atom is -0.285 e. The standard InChI is InChI=1S/C14H10ClO/c1-10-13(3-2-4-14(10)15)12-7-5-11(9-16)6-8-12/h2-8H,1H3. The van der Waals surface area contributed by atoms with Crippen LogP contribution in [0.3, 0.4) is 0 Å². The Balaban J connectivity index is 2.50. The lowest BCUT2D eigenvalue weighted by Crippen LogP contribution is -1.85.